The fraction of sp³-hybridized carbons (Fsp3) is 0.412. The van der Waals surface area contributed by atoms with Crippen LogP contribution in [0.15, 0.2) is 66.7 Å². The van der Waals surface area contributed by atoms with Gasteiger partial charge in [-0.15, -0.1) is 0 Å². The first kappa shape index (κ1) is 33.6. The Balaban J connectivity index is 1.82. The van der Waals surface area contributed by atoms with Crippen LogP contribution in [0.2, 0.25) is 0 Å². The Labute approximate surface area is 250 Å². The van der Waals surface area contributed by atoms with Crippen molar-refractivity contribution in [1.29, 1.82) is 0 Å². The Hall–Kier alpha value is -3.88. The largest absolute Gasteiger partial charge is 0.497 e. The molecule has 3 rings (SSSR count). The molecule has 0 aliphatic carbocycles. The second-order valence-electron chi connectivity index (χ2n) is 11.9. The first-order chi connectivity index (χ1) is 19.8. The van der Waals surface area contributed by atoms with E-state index in [4.69, 9.17) is 14.2 Å². The molecular formula is C34H38F4O5. The van der Waals surface area contributed by atoms with E-state index in [1.807, 2.05) is 58.9 Å². The number of hydrogen-bond acceptors (Lipinski definition) is 5. The number of rotatable bonds is 12. The van der Waals surface area contributed by atoms with Gasteiger partial charge in [-0.2, -0.15) is 17.6 Å². The Bertz CT molecular complexity index is 1440. The summed E-state index contributed by atoms with van der Waals surface area (Å²) < 4.78 is 76.0. The van der Waals surface area contributed by atoms with Crippen LogP contribution in [0.1, 0.15) is 77.1 Å². The number of Topliss-reactive ketones (excluding diaryl/α,β-unsaturated/α-hetero) is 1. The van der Waals surface area contributed by atoms with Crippen molar-refractivity contribution in [2.45, 2.75) is 77.7 Å². The predicted octanol–water partition coefficient (Wildman–Crippen LogP) is 8.60. The molecule has 0 aliphatic heterocycles. The van der Waals surface area contributed by atoms with Gasteiger partial charge >= 0.3 is 17.8 Å². The third kappa shape index (κ3) is 7.37. The van der Waals surface area contributed by atoms with Gasteiger partial charge in [0.2, 0.25) is 5.78 Å². The van der Waals surface area contributed by atoms with Crippen molar-refractivity contribution in [1.82, 2.24) is 0 Å². The van der Waals surface area contributed by atoms with E-state index in [1.165, 1.54) is 26.0 Å². The fourth-order valence-electron chi connectivity index (χ4n) is 4.31. The summed E-state index contributed by atoms with van der Waals surface area (Å²) in [5.74, 6) is -12.7. The normalized spacial score (nSPS) is 12.7. The number of alkyl halides is 4. The number of carbonyl (C=O) groups excluding carboxylic acids is 2. The Morgan fingerprint density at radius 3 is 1.60 bits per heavy atom. The standard InChI is InChI=1S/C34H38F4O5/c1-9-31(4,5)43-27-16-12-23(13-17-27)32(6,7)22-10-14-26(15-11-22)42-30(40)34(37,38)25-18-24(19-28(20-25)41-8)33(35,36)29(39)21(2)3/h10-21H,9H2,1-8H3. The molecule has 0 saturated carbocycles. The van der Waals surface area contributed by atoms with E-state index in [2.05, 4.69) is 0 Å². The molecule has 0 fully saturated rings. The van der Waals surface area contributed by atoms with Crippen LogP contribution < -0.4 is 14.2 Å². The molecule has 3 aromatic rings. The highest BCUT2D eigenvalue weighted by atomic mass is 19.3. The highest BCUT2D eigenvalue weighted by Gasteiger charge is 2.47. The summed E-state index contributed by atoms with van der Waals surface area (Å²) in [4.78, 5) is 24.7. The number of benzene rings is 3. The van der Waals surface area contributed by atoms with Crippen LogP contribution in [0, 0.1) is 5.92 Å². The fourth-order valence-corrected chi connectivity index (χ4v) is 4.31. The molecule has 0 N–H and O–H groups in total. The minimum atomic E-state index is -4.33. The lowest BCUT2D eigenvalue weighted by Gasteiger charge is -2.28. The third-order valence-electron chi connectivity index (χ3n) is 7.57. The molecule has 0 radical (unpaired) electrons. The highest BCUT2D eigenvalue weighted by molar-refractivity contribution is 5.89. The van der Waals surface area contributed by atoms with E-state index in [-0.39, 0.29) is 17.1 Å². The van der Waals surface area contributed by atoms with Crippen molar-refractivity contribution >= 4 is 11.8 Å². The predicted molar refractivity (Wildman–Crippen MR) is 156 cm³/mol. The van der Waals surface area contributed by atoms with Crippen LogP contribution in [0.4, 0.5) is 17.6 Å². The maximum Gasteiger partial charge on any atom is 0.387 e. The number of halogens is 4. The van der Waals surface area contributed by atoms with E-state index < -0.39 is 46.1 Å². The maximum absolute atomic E-state index is 15.3. The Morgan fingerprint density at radius 2 is 1.16 bits per heavy atom. The van der Waals surface area contributed by atoms with Gasteiger partial charge in [0.15, 0.2) is 0 Å². The van der Waals surface area contributed by atoms with Gasteiger partial charge < -0.3 is 14.2 Å². The molecule has 0 unspecified atom stereocenters. The third-order valence-corrected chi connectivity index (χ3v) is 7.57. The number of carbonyl (C=O) groups is 2. The number of methoxy groups -OCH3 is 1. The molecule has 9 heteroatoms. The van der Waals surface area contributed by atoms with E-state index in [0.717, 1.165) is 42.5 Å². The molecule has 0 aromatic heterocycles. The summed E-state index contributed by atoms with van der Waals surface area (Å²) in [6, 6.07) is 15.8. The lowest BCUT2D eigenvalue weighted by molar-refractivity contribution is -0.163. The molecule has 0 atom stereocenters. The summed E-state index contributed by atoms with van der Waals surface area (Å²) in [5, 5.41) is 0. The van der Waals surface area contributed by atoms with Gasteiger partial charge in [-0.1, -0.05) is 58.9 Å². The Kier molecular flexibility index (Phi) is 9.68. The van der Waals surface area contributed by atoms with Crippen LogP contribution in [0.25, 0.3) is 0 Å². The molecule has 0 bridgehead atoms. The molecule has 43 heavy (non-hydrogen) atoms. The molecule has 0 aliphatic rings. The minimum absolute atomic E-state index is 0.154. The van der Waals surface area contributed by atoms with Crippen LogP contribution in [-0.2, 0) is 26.8 Å². The van der Waals surface area contributed by atoms with Gasteiger partial charge in [-0.25, -0.2) is 4.79 Å². The maximum atomic E-state index is 15.3. The number of hydrogen-bond donors (Lipinski definition) is 0. The van der Waals surface area contributed by atoms with Crippen molar-refractivity contribution in [2.75, 3.05) is 7.11 Å². The van der Waals surface area contributed by atoms with Crippen molar-refractivity contribution in [2.24, 2.45) is 5.92 Å². The summed E-state index contributed by atoms with van der Waals surface area (Å²) in [6.45, 7) is 12.6. The summed E-state index contributed by atoms with van der Waals surface area (Å²) in [7, 11) is 1.10. The first-order valence-electron chi connectivity index (χ1n) is 14.0. The van der Waals surface area contributed by atoms with E-state index in [0.29, 0.717) is 6.07 Å². The molecule has 0 heterocycles. The van der Waals surface area contributed by atoms with Gasteiger partial charge in [-0.05, 0) is 73.9 Å². The van der Waals surface area contributed by atoms with Crippen LogP contribution in [0.3, 0.4) is 0 Å². The van der Waals surface area contributed by atoms with Crippen molar-refractivity contribution in [3.63, 3.8) is 0 Å². The van der Waals surface area contributed by atoms with Crippen LogP contribution >= 0.6 is 0 Å². The summed E-state index contributed by atoms with van der Waals surface area (Å²) in [6.07, 6.45) is 0.846. The second kappa shape index (κ2) is 12.4. The lowest BCUT2D eigenvalue weighted by Crippen LogP contribution is -2.33. The molecule has 5 nitrogen and oxygen atoms in total. The van der Waals surface area contributed by atoms with Crippen LogP contribution in [-0.4, -0.2) is 24.5 Å². The van der Waals surface area contributed by atoms with Crippen molar-refractivity contribution in [3.8, 4) is 17.2 Å². The molecule has 3 aromatic carbocycles. The monoisotopic (exact) mass is 602 g/mol. The van der Waals surface area contributed by atoms with Crippen molar-refractivity contribution in [3.05, 3.63) is 89.0 Å². The number of esters is 1. The van der Waals surface area contributed by atoms with Gasteiger partial charge in [0.05, 0.1) is 7.11 Å². The lowest BCUT2D eigenvalue weighted by atomic mass is 9.78. The topological polar surface area (TPSA) is 61.8 Å². The Morgan fingerprint density at radius 1 is 0.698 bits per heavy atom. The average Bonchev–Trinajstić information content (AvgIpc) is 2.96. The van der Waals surface area contributed by atoms with E-state index >= 15 is 8.78 Å². The van der Waals surface area contributed by atoms with E-state index in [9.17, 15) is 18.4 Å². The zero-order chi connectivity index (χ0) is 32.4. The SMILES string of the molecule is CCC(C)(C)Oc1ccc(C(C)(C)c2ccc(OC(=O)C(F)(F)c3cc(OC)cc(C(F)(F)C(=O)C(C)C)c3)cc2)cc1. The summed E-state index contributed by atoms with van der Waals surface area (Å²) >= 11 is 0. The van der Waals surface area contributed by atoms with Gasteiger partial charge in [0.1, 0.15) is 22.8 Å². The molecule has 0 saturated heterocycles. The average molecular weight is 603 g/mol. The van der Waals surface area contributed by atoms with Gasteiger partial charge in [0, 0.05) is 22.5 Å². The molecular weight excluding hydrogens is 564 g/mol. The quantitative estimate of drug-likeness (QED) is 0.118. The number of ketones is 1. The zero-order valence-electron chi connectivity index (χ0n) is 25.7. The van der Waals surface area contributed by atoms with Crippen molar-refractivity contribution < 1.29 is 41.4 Å². The van der Waals surface area contributed by atoms with E-state index in [1.54, 1.807) is 12.1 Å². The smallest absolute Gasteiger partial charge is 0.387 e. The second-order valence-corrected chi connectivity index (χ2v) is 11.9. The van der Waals surface area contributed by atoms with Gasteiger partial charge in [-0.3, -0.25) is 4.79 Å². The zero-order valence-corrected chi connectivity index (χ0v) is 25.7. The highest BCUT2D eigenvalue weighted by Crippen LogP contribution is 2.40. The number of ether oxygens (including phenoxy) is 3. The molecule has 0 spiro atoms. The minimum Gasteiger partial charge on any atom is -0.497 e. The summed E-state index contributed by atoms with van der Waals surface area (Å²) in [5.41, 5.74) is -1.07. The molecule has 232 valence electrons. The van der Waals surface area contributed by atoms with Gasteiger partial charge in [0.25, 0.3) is 0 Å². The first-order valence-corrected chi connectivity index (χ1v) is 14.0. The molecule has 0 amide bonds. The van der Waals surface area contributed by atoms with Crippen LogP contribution in [0.5, 0.6) is 17.2 Å².